The monoisotopic (exact) mass is 722 g/mol. The van der Waals surface area contributed by atoms with E-state index in [-0.39, 0.29) is 34.9 Å². The van der Waals surface area contributed by atoms with Gasteiger partial charge in [0, 0.05) is 24.7 Å². The van der Waals surface area contributed by atoms with Gasteiger partial charge in [-0.3, -0.25) is 4.79 Å². The Labute approximate surface area is 301 Å². The van der Waals surface area contributed by atoms with E-state index < -0.39 is 67.2 Å². The molecule has 0 amide bonds. The lowest BCUT2D eigenvalue weighted by Crippen LogP contribution is -2.63. The number of fused-ring (bicyclic) bond motifs is 7. The first-order valence-corrected chi connectivity index (χ1v) is 19.9. The molecule has 1 spiro atoms. The molecule has 8 aliphatic rings. The number of aliphatic hydroxyl groups excluding tert-OH is 5. The topological polar surface area (TPSA) is 174 Å². The predicted molar refractivity (Wildman–Crippen MR) is 181 cm³/mol. The molecule has 0 aromatic heterocycles. The average Bonchev–Trinajstić information content (AvgIpc) is 3.53. The van der Waals surface area contributed by atoms with Crippen molar-refractivity contribution in [2.75, 3.05) is 6.61 Å². The van der Waals surface area contributed by atoms with E-state index in [1.54, 1.807) is 13.8 Å². The van der Waals surface area contributed by atoms with E-state index in [9.17, 15) is 30.3 Å². The molecule has 4 aliphatic carbocycles. The molecule has 290 valence electrons. The molecule has 4 saturated heterocycles. The zero-order valence-electron chi connectivity index (χ0n) is 31.1. The Morgan fingerprint density at radius 3 is 2.18 bits per heavy atom. The molecule has 13 unspecified atom stereocenters. The number of hydrogen-bond donors (Lipinski definition) is 5. The Morgan fingerprint density at radius 2 is 1.45 bits per heavy atom. The van der Waals surface area contributed by atoms with Crippen molar-refractivity contribution >= 4 is 5.78 Å². The smallest absolute Gasteiger partial charge is 0.187 e. The van der Waals surface area contributed by atoms with Crippen LogP contribution in [0.4, 0.5) is 0 Å². The van der Waals surface area contributed by atoms with Gasteiger partial charge in [-0.25, -0.2) is 0 Å². The number of carbonyl (C=O) groups excluding carboxylic acids is 1. The van der Waals surface area contributed by atoms with Gasteiger partial charge in [-0.1, -0.05) is 27.7 Å². The molecule has 51 heavy (non-hydrogen) atoms. The third-order valence-electron chi connectivity index (χ3n) is 15.8. The second-order valence-corrected chi connectivity index (χ2v) is 18.7. The van der Waals surface area contributed by atoms with E-state index in [1.165, 1.54) is 0 Å². The summed E-state index contributed by atoms with van der Waals surface area (Å²) in [4.78, 5) is 14.5. The molecule has 8 rings (SSSR count). The average molecular weight is 723 g/mol. The first kappa shape index (κ1) is 37.2. The highest BCUT2D eigenvalue weighted by Crippen LogP contribution is 2.70. The van der Waals surface area contributed by atoms with Gasteiger partial charge in [0.25, 0.3) is 0 Å². The molecule has 0 aromatic carbocycles. The third kappa shape index (κ3) is 5.75. The fourth-order valence-corrected chi connectivity index (χ4v) is 13.0. The molecule has 0 aromatic rings. The zero-order chi connectivity index (χ0) is 36.4. The van der Waals surface area contributed by atoms with Crippen molar-refractivity contribution < 1.29 is 58.7 Å². The number of ketones is 1. The summed E-state index contributed by atoms with van der Waals surface area (Å²) >= 11 is 0. The standard InChI is InChI=1S/C39H62O12/c1-17-9-12-39(46-16-17)18(2)27-26(51-39)14-24-23-8-7-21-13-22(10-11-37(21,5)28(23)25(40)15-38(24,27)6)49-35-33(45)31(43)34(20(4)48-35)50-36-32(44)30(42)29(41)19(3)47-36/h17-24,26-36,41-45H,7-16H2,1-6H3/t17?,18-,19?,20?,21-,22-,23-,24-,26?,27?,28+,29?,30?,31?,32?,33?,34?,35?,36?,37-,38-,39+/m0/s1. The Hall–Kier alpha value is -0.770. The fraction of sp³-hybridized carbons (Fsp3) is 0.974. The van der Waals surface area contributed by atoms with Crippen LogP contribution in [0.3, 0.4) is 0 Å². The van der Waals surface area contributed by atoms with Crippen molar-refractivity contribution in [3.05, 3.63) is 0 Å². The quantitative estimate of drug-likeness (QED) is 0.269. The van der Waals surface area contributed by atoms with Gasteiger partial charge in [0.1, 0.15) is 42.4 Å². The SMILES string of the molecule is CC1CC[C@@]2(OC1)OC1C[C@H]3[C@@H]4CC[C@H]5C[C@@H](OC6OC(C)C(OC7OC(C)C(O)C(O)C7O)C(O)C6O)CC[C@]5(C)[C@H]4C(=O)C[C@]3(C)C1[C@@H]2C. The van der Waals surface area contributed by atoms with Crippen LogP contribution in [0.25, 0.3) is 0 Å². The van der Waals surface area contributed by atoms with Crippen molar-refractivity contribution in [1.29, 1.82) is 0 Å². The Balaban J connectivity index is 0.904. The van der Waals surface area contributed by atoms with Crippen LogP contribution >= 0.6 is 0 Å². The van der Waals surface area contributed by atoms with Crippen LogP contribution in [0.5, 0.6) is 0 Å². The summed E-state index contributed by atoms with van der Waals surface area (Å²) in [6.07, 6.45) is -4.14. The van der Waals surface area contributed by atoms with E-state index in [2.05, 4.69) is 27.7 Å². The van der Waals surface area contributed by atoms with E-state index in [0.717, 1.165) is 58.0 Å². The Kier molecular flexibility index (Phi) is 9.60. The highest BCUT2D eigenvalue weighted by Gasteiger charge is 2.71. The molecule has 12 nitrogen and oxygen atoms in total. The van der Waals surface area contributed by atoms with Crippen LogP contribution in [0.1, 0.15) is 99.3 Å². The van der Waals surface area contributed by atoms with Crippen LogP contribution in [-0.2, 0) is 33.2 Å². The largest absolute Gasteiger partial charge is 0.388 e. The Morgan fingerprint density at radius 1 is 0.745 bits per heavy atom. The van der Waals surface area contributed by atoms with Crippen molar-refractivity contribution in [3.63, 3.8) is 0 Å². The molecule has 8 fully saturated rings. The normalized spacial score (nSPS) is 60.0. The number of carbonyl (C=O) groups is 1. The van der Waals surface area contributed by atoms with Gasteiger partial charge in [-0.15, -0.1) is 0 Å². The number of rotatable bonds is 4. The second kappa shape index (κ2) is 13.2. The van der Waals surface area contributed by atoms with Crippen LogP contribution in [-0.4, -0.2) is 117 Å². The number of hydrogen-bond acceptors (Lipinski definition) is 12. The lowest BCUT2D eigenvalue weighted by molar-refractivity contribution is -0.357. The summed E-state index contributed by atoms with van der Waals surface area (Å²) < 4.78 is 37.2. The third-order valence-corrected chi connectivity index (χ3v) is 15.8. The van der Waals surface area contributed by atoms with Crippen LogP contribution in [0.2, 0.25) is 0 Å². The summed E-state index contributed by atoms with van der Waals surface area (Å²) in [5.74, 6) is 2.25. The second-order valence-electron chi connectivity index (χ2n) is 18.7. The molecular formula is C39H62O12. The minimum Gasteiger partial charge on any atom is -0.388 e. The van der Waals surface area contributed by atoms with Crippen molar-refractivity contribution in [2.45, 2.75) is 179 Å². The van der Waals surface area contributed by atoms with Gasteiger partial charge in [0.15, 0.2) is 18.4 Å². The van der Waals surface area contributed by atoms with Gasteiger partial charge < -0.3 is 54.0 Å². The van der Waals surface area contributed by atoms with E-state index in [4.69, 9.17) is 28.4 Å². The minimum absolute atomic E-state index is 0.0288. The molecule has 4 aliphatic heterocycles. The highest BCUT2D eigenvalue weighted by molar-refractivity contribution is 5.84. The summed E-state index contributed by atoms with van der Waals surface area (Å²) in [7, 11) is 0. The van der Waals surface area contributed by atoms with Gasteiger partial charge in [-0.05, 0) is 99.2 Å². The summed E-state index contributed by atoms with van der Waals surface area (Å²) in [6.45, 7) is 13.3. The van der Waals surface area contributed by atoms with Crippen LogP contribution in [0.15, 0.2) is 0 Å². The highest BCUT2D eigenvalue weighted by atomic mass is 16.7. The summed E-state index contributed by atoms with van der Waals surface area (Å²) in [5, 5.41) is 52.9. The lowest BCUT2D eigenvalue weighted by Gasteiger charge is -2.60. The van der Waals surface area contributed by atoms with Crippen molar-refractivity contribution in [3.8, 4) is 0 Å². The van der Waals surface area contributed by atoms with Gasteiger partial charge in [-0.2, -0.15) is 0 Å². The van der Waals surface area contributed by atoms with Crippen LogP contribution in [0, 0.1) is 52.3 Å². The number of aliphatic hydroxyl groups is 5. The maximum atomic E-state index is 14.5. The molecule has 4 saturated carbocycles. The summed E-state index contributed by atoms with van der Waals surface area (Å²) in [5.41, 5.74) is -0.196. The van der Waals surface area contributed by atoms with Gasteiger partial charge in [0.2, 0.25) is 0 Å². The molecular weight excluding hydrogens is 660 g/mol. The van der Waals surface area contributed by atoms with Crippen LogP contribution < -0.4 is 0 Å². The van der Waals surface area contributed by atoms with Crippen molar-refractivity contribution in [2.24, 2.45) is 52.3 Å². The minimum atomic E-state index is -1.55. The lowest BCUT2D eigenvalue weighted by atomic mass is 9.44. The van der Waals surface area contributed by atoms with E-state index in [0.29, 0.717) is 41.8 Å². The Bertz CT molecular complexity index is 1310. The predicted octanol–water partition coefficient (Wildman–Crippen LogP) is 2.68. The first-order chi connectivity index (χ1) is 24.1. The molecule has 22 atom stereocenters. The molecule has 12 heteroatoms. The van der Waals surface area contributed by atoms with E-state index >= 15 is 0 Å². The number of ether oxygens (including phenoxy) is 6. The molecule has 0 bridgehead atoms. The first-order valence-electron chi connectivity index (χ1n) is 19.9. The maximum Gasteiger partial charge on any atom is 0.187 e. The number of Topliss-reactive ketones (excluding diaryl/α,β-unsaturated/α-hetero) is 1. The summed E-state index contributed by atoms with van der Waals surface area (Å²) in [6, 6.07) is 0. The maximum absolute atomic E-state index is 14.5. The molecule has 0 radical (unpaired) electrons. The van der Waals surface area contributed by atoms with Crippen molar-refractivity contribution in [1.82, 2.24) is 0 Å². The molecule has 5 N–H and O–H groups in total. The van der Waals surface area contributed by atoms with Gasteiger partial charge in [0.05, 0.1) is 31.0 Å². The fourth-order valence-electron chi connectivity index (χ4n) is 13.0. The van der Waals surface area contributed by atoms with E-state index in [1.807, 2.05) is 0 Å². The molecule has 4 heterocycles. The van der Waals surface area contributed by atoms with Gasteiger partial charge >= 0.3 is 0 Å². The zero-order valence-corrected chi connectivity index (χ0v) is 31.1.